The van der Waals surface area contributed by atoms with Gasteiger partial charge in [-0.2, -0.15) is 0 Å². The van der Waals surface area contributed by atoms with E-state index in [4.69, 9.17) is 0 Å². The number of carbonyl (C=O) groups is 2. The predicted octanol–water partition coefficient (Wildman–Crippen LogP) is 2.25. The Balaban J connectivity index is 1.37. The second-order valence-corrected chi connectivity index (χ2v) is 8.03. The number of benzene rings is 1. The Kier molecular flexibility index (Phi) is 4.47. The SMILES string of the molecule is O=C([C@@H](O)c1ccc(F)cc1)N1CCC2(CCC(=O)N(C3CC3)C2)CC1. The van der Waals surface area contributed by atoms with E-state index in [0.29, 0.717) is 31.1 Å². The van der Waals surface area contributed by atoms with Crippen molar-refractivity contribution >= 4 is 11.8 Å². The van der Waals surface area contributed by atoms with E-state index in [0.717, 1.165) is 38.6 Å². The average molecular weight is 360 g/mol. The standard InChI is InChI=1S/C20H25FN2O3/c21-15-3-1-14(2-4-15)18(25)19(26)22-11-9-20(10-12-22)8-7-17(24)23(13-20)16-5-6-16/h1-4,16,18,25H,5-13H2/t18-/m0/s1. The van der Waals surface area contributed by atoms with Crippen LogP contribution in [0.1, 0.15) is 50.2 Å². The number of aliphatic hydroxyl groups excluding tert-OH is 1. The van der Waals surface area contributed by atoms with Crippen molar-refractivity contribution in [2.75, 3.05) is 19.6 Å². The Morgan fingerprint density at radius 1 is 1.15 bits per heavy atom. The summed E-state index contributed by atoms with van der Waals surface area (Å²) in [7, 11) is 0. The lowest BCUT2D eigenvalue weighted by atomic mass is 9.72. The minimum absolute atomic E-state index is 0.119. The maximum atomic E-state index is 13.0. The molecule has 6 heteroatoms. The summed E-state index contributed by atoms with van der Waals surface area (Å²) in [5, 5.41) is 10.3. The zero-order valence-corrected chi connectivity index (χ0v) is 14.9. The highest BCUT2D eigenvalue weighted by atomic mass is 19.1. The second-order valence-electron chi connectivity index (χ2n) is 8.03. The average Bonchev–Trinajstić information content (AvgIpc) is 3.49. The number of hydrogen-bond donors (Lipinski definition) is 1. The molecule has 4 rings (SSSR count). The van der Waals surface area contributed by atoms with Crippen LogP contribution in [-0.2, 0) is 9.59 Å². The fraction of sp³-hybridized carbons (Fsp3) is 0.600. The summed E-state index contributed by atoms with van der Waals surface area (Å²) in [6, 6.07) is 5.85. The largest absolute Gasteiger partial charge is 0.378 e. The van der Waals surface area contributed by atoms with Gasteiger partial charge in [0.25, 0.3) is 5.91 Å². The minimum Gasteiger partial charge on any atom is -0.378 e. The molecule has 2 aliphatic heterocycles. The van der Waals surface area contributed by atoms with Crippen molar-refractivity contribution in [3.63, 3.8) is 0 Å². The first-order valence-corrected chi connectivity index (χ1v) is 9.49. The van der Waals surface area contributed by atoms with Crippen molar-refractivity contribution in [1.29, 1.82) is 0 Å². The Hall–Kier alpha value is -1.95. The fourth-order valence-electron chi connectivity index (χ4n) is 4.33. The summed E-state index contributed by atoms with van der Waals surface area (Å²) < 4.78 is 13.0. The highest BCUT2D eigenvalue weighted by Crippen LogP contribution is 2.43. The van der Waals surface area contributed by atoms with Gasteiger partial charge in [0.1, 0.15) is 5.82 Å². The summed E-state index contributed by atoms with van der Waals surface area (Å²) in [4.78, 5) is 28.5. The molecule has 3 fully saturated rings. The van der Waals surface area contributed by atoms with Gasteiger partial charge in [0.05, 0.1) is 0 Å². The molecule has 0 aromatic heterocycles. The van der Waals surface area contributed by atoms with Crippen LogP contribution in [0.5, 0.6) is 0 Å². The number of halogens is 1. The van der Waals surface area contributed by atoms with Crippen LogP contribution < -0.4 is 0 Å². The Morgan fingerprint density at radius 3 is 2.42 bits per heavy atom. The van der Waals surface area contributed by atoms with Crippen LogP contribution in [-0.4, -0.2) is 52.4 Å². The van der Waals surface area contributed by atoms with Gasteiger partial charge >= 0.3 is 0 Å². The van der Waals surface area contributed by atoms with E-state index in [1.165, 1.54) is 24.3 Å². The first kappa shape index (κ1) is 17.5. The van der Waals surface area contributed by atoms with Crippen LogP contribution in [0.2, 0.25) is 0 Å². The van der Waals surface area contributed by atoms with Crippen molar-refractivity contribution in [3.8, 4) is 0 Å². The highest BCUT2D eigenvalue weighted by molar-refractivity contribution is 5.82. The number of amides is 2. The highest BCUT2D eigenvalue weighted by Gasteiger charge is 2.45. The van der Waals surface area contributed by atoms with E-state index >= 15 is 0 Å². The van der Waals surface area contributed by atoms with Crippen molar-refractivity contribution < 1.29 is 19.1 Å². The van der Waals surface area contributed by atoms with Crippen molar-refractivity contribution in [2.45, 2.75) is 50.7 Å². The van der Waals surface area contributed by atoms with Gasteiger partial charge in [-0.25, -0.2) is 4.39 Å². The third kappa shape index (κ3) is 3.34. The molecule has 1 aromatic carbocycles. The second kappa shape index (κ2) is 6.65. The van der Waals surface area contributed by atoms with Crippen LogP contribution in [0, 0.1) is 11.2 Å². The Morgan fingerprint density at radius 2 is 1.81 bits per heavy atom. The lowest BCUT2D eigenvalue weighted by Crippen LogP contribution is -2.53. The minimum atomic E-state index is -1.25. The topological polar surface area (TPSA) is 60.9 Å². The Labute approximate surface area is 152 Å². The Bertz CT molecular complexity index is 694. The number of piperidine rings is 2. The lowest BCUT2D eigenvalue weighted by Gasteiger charge is -2.47. The van der Waals surface area contributed by atoms with Crippen molar-refractivity contribution in [1.82, 2.24) is 9.80 Å². The molecule has 1 atom stereocenters. The van der Waals surface area contributed by atoms with Gasteiger partial charge in [-0.05, 0) is 55.2 Å². The lowest BCUT2D eigenvalue weighted by molar-refractivity contribution is -0.147. The van der Waals surface area contributed by atoms with E-state index in [9.17, 15) is 19.1 Å². The molecular formula is C20H25FN2O3. The van der Waals surface area contributed by atoms with E-state index in [1.807, 2.05) is 0 Å². The van der Waals surface area contributed by atoms with E-state index < -0.39 is 6.10 Å². The molecule has 1 aliphatic carbocycles. The van der Waals surface area contributed by atoms with E-state index in [1.54, 1.807) is 4.90 Å². The number of nitrogens with zero attached hydrogens (tertiary/aromatic N) is 2. The summed E-state index contributed by atoms with van der Waals surface area (Å²) in [5.74, 6) is -0.430. The van der Waals surface area contributed by atoms with Gasteiger partial charge in [0, 0.05) is 32.1 Å². The molecule has 26 heavy (non-hydrogen) atoms. The third-order valence-electron chi connectivity index (χ3n) is 6.24. The van der Waals surface area contributed by atoms with Crippen molar-refractivity contribution in [3.05, 3.63) is 35.6 Å². The van der Waals surface area contributed by atoms with Gasteiger partial charge in [-0.3, -0.25) is 9.59 Å². The van der Waals surface area contributed by atoms with Crippen LogP contribution in [0.25, 0.3) is 0 Å². The summed E-state index contributed by atoms with van der Waals surface area (Å²) in [6.07, 6.45) is 4.24. The van der Waals surface area contributed by atoms with Crippen LogP contribution in [0.3, 0.4) is 0 Å². The maximum absolute atomic E-state index is 13.0. The van der Waals surface area contributed by atoms with E-state index in [2.05, 4.69) is 4.90 Å². The monoisotopic (exact) mass is 360 g/mol. The van der Waals surface area contributed by atoms with Crippen molar-refractivity contribution in [2.24, 2.45) is 5.41 Å². The molecule has 0 radical (unpaired) electrons. The number of carbonyl (C=O) groups excluding carboxylic acids is 2. The molecule has 1 N–H and O–H groups in total. The normalized spacial score (nSPS) is 24.0. The molecule has 3 aliphatic rings. The smallest absolute Gasteiger partial charge is 0.256 e. The zero-order valence-electron chi connectivity index (χ0n) is 14.9. The molecule has 2 amide bonds. The fourth-order valence-corrected chi connectivity index (χ4v) is 4.33. The molecule has 0 bridgehead atoms. The van der Waals surface area contributed by atoms with Gasteiger partial charge < -0.3 is 14.9 Å². The first-order chi connectivity index (χ1) is 12.5. The summed E-state index contributed by atoms with van der Waals surface area (Å²) in [5.41, 5.74) is 0.536. The molecule has 140 valence electrons. The van der Waals surface area contributed by atoms with Crippen LogP contribution >= 0.6 is 0 Å². The maximum Gasteiger partial charge on any atom is 0.256 e. The van der Waals surface area contributed by atoms with Gasteiger partial charge in [0.2, 0.25) is 5.91 Å². The molecule has 0 unspecified atom stereocenters. The van der Waals surface area contributed by atoms with Gasteiger partial charge in [-0.15, -0.1) is 0 Å². The van der Waals surface area contributed by atoms with E-state index in [-0.39, 0.29) is 23.0 Å². The zero-order chi connectivity index (χ0) is 18.3. The molecule has 1 aromatic rings. The first-order valence-electron chi connectivity index (χ1n) is 9.49. The molecule has 1 spiro atoms. The third-order valence-corrected chi connectivity index (χ3v) is 6.24. The molecular weight excluding hydrogens is 335 g/mol. The summed E-state index contributed by atoms with van der Waals surface area (Å²) >= 11 is 0. The quantitative estimate of drug-likeness (QED) is 0.899. The van der Waals surface area contributed by atoms with Crippen LogP contribution in [0.15, 0.2) is 24.3 Å². The molecule has 2 saturated heterocycles. The molecule has 1 saturated carbocycles. The predicted molar refractivity (Wildman–Crippen MR) is 93.6 cm³/mol. The van der Waals surface area contributed by atoms with Crippen LogP contribution in [0.4, 0.5) is 4.39 Å². The van der Waals surface area contributed by atoms with Gasteiger partial charge in [0.15, 0.2) is 6.10 Å². The number of aliphatic hydroxyl groups is 1. The van der Waals surface area contributed by atoms with Gasteiger partial charge in [-0.1, -0.05) is 12.1 Å². The number of likely N-dealkylation sites (tertiary alicyclic amines) is 2. The summed E-state index contributed by atoms with van der Waals surface area (Å²) in [6.45, 7) is 2.02. The molecule has 5 nitrogen and oxygen atoms in total. The number of rotatable bonds is 3. The molecule has 2 heterocycles. The number of hydrogen-bond acceptors (Lipinski definition) is 3.